The third-order valence-electron chi connectivity index (χ3n) is 3.55. The molecule has 1 aromatic heterocycles. The maximum absolute atomic E-state index is 12.9. The zero-order chi connectivity index (χ0) is 12.5. The predicted molar refractivity (Wildman–Crippen MR) is 58.4 cm³/mol. The van der Waals surface area contributed by atoms with Crippen LogP contribution in [-0.4, -0.2) is 11.5 Å². The summed E-state index contributed by atoms with van der Waals surface area (Å²) in [6, 6.07) is 2.44. The molecule has 2 rings (SSSR count). The van der Waals surface area contributed by atoms with Gasteiger partial charge in [-0.25, -0.2) is 0 Å². The molecule has 5 heteroatoms. The molecule has 1 saturated carbocycles. The van der Waals surface area contributed by atoms with Crippen LogP contribution in [0.15, 0.2) is 18.3 Å². The Hall–Kier alpha value is -1.10. The lowest BCUT2D eigenvalue weighted by molar-refractivity contribution is -0.139. The number of aromatic nitrogens is 1. The van der Waals surface area contributed by atoms with Gasteiger partial charge < -0.3 is 5.73 Å². The van der Waals surface area contributed by atoms with Crippen LogP contribution in [0.3, 0.4) is 0 Å². The van der Waals surface area contributed by atoms with Crippen LogP contribution in [0.4, 0.5) is 13.2 Å². The van der Waals surface area contributed by atoms with Crippen molar-refractivity contribution < 1.29 is 13.2 Å². The van der Waals surface area contributed by atoms with E-state index in [1.54, 1.807) is 0 Å². The van der Waals surface area contributed by atoms with E-state index in [1.165, 1.54) is 12.3 Å². The lowest BCUT2D eigenvalue weighted by Gasteiger charge is -2.42. The fourth-order valence-electron chi connectivity index (χ4n) is 2.54. The summed E-state index contributed by atoms with van der Waals surface area (Å²) >= 11 is 0. The minimum absolute atomic E-state index is 0.184. The van der Waals surface area contributed by atoms with Gasteiger partial charge >= 0.3 is 6.18 Å². The molecule has 1 aliphatic carbocycles. The average molecular weight is 244 g/mol. The summed E-state index contributed by atoms with van der Waals surface area (Å²) in [4.78, 5) is 3.98. The average Bonchev–Trinajstić information content (AvgIpc) is 2.22. The van der Waals surface area contributed by atoms with E-state index in [2.05, 4.69) is 4.98 Å². The van der Waals surface area contributed by atoms with E-state index in [-0.39, 0.29) is 5.69 Å². The van der Waals surface area contributed by atoms with Crippen LogP contribution in [0, 0.1) is 0 Å². The number of halogens is 3. The molecule has 0 saturated heterocycles. The topological polar surface area (TPSA) is 38.9 Å². The molecule has 94 valence electrons. The van der Waals surface area contributed by atoms with Crippen LogP contribution in [0.1, 0.15) is 36.9 Å². The molecule has 0 aliphatic heterocycles. The fraction of sp³-hybridized carbons (Fsp3) is 0.583. The van der Waals surface area contributed by atoms with E-state index in [1.807, 2.05) is 0 Å². The van der Waals surface area contributed by atoms with Gasteiger partial charge in [-0.1, -0.05) is 6.42 Å². The predicted octanol–water partition coefficient (Wildman–Crippen LogP) is 2.87. The van der Waals surface area contributed by atoms with E-state index in [4.69, 9.17) is 5.73 Å². The van der Waals surface area contributed by atoms with Crippen molar-refractivity contribution in [1.29, 1.82) is 0 Å². The Bertz CT molecular complexity index is 397. The number of nitrogens with two attached hydrogens (primary N) is 1. The Kier molecular flexibility index (Phi) is 3.12. The highest BCUT2D eigenvalue weighted by Crippen LogP contribution is 2.48. The Morgan fingerprint density at radius 1 is 1.35 bits per heavy atom. The van der Waals surface area contributed by atoms with Crippen molar-refractivity contribution in [3.63, 3.8) is 0 Å². The molecule has 17 heavy (non-hydrogen) atoms. The highest BCUT2D eigenvalue weighted by atomic mass is 19.4. The largest absolute Gasteiger partial charge is 0.418 e. The highest BCUT2D eigenvalue weighted by molar-refractivity contribution is 5.32. The van der Waals surface area contributed by atoms with E-state index < -0.39 is 17.2 Å². The molecule has 0 unspecified atom stereocenters. The van der Waals surface area contributed by atoms with Crippen molar-refractivity contribution in [2.75, 3.05) is 6.54 Å². The zero-order valence-corrected chi connectivity index (χ0v) is 9.43. The van der Waals surface area contributed by atoms with E-state index in [0.29, 0.717) is 13.0 Å². The summed E-state index contributed by atoms with van der Waals surface area (Å²) < 4.78 is 38.7. The summed E-state index contributed by atoms with van der Waals surface area (Å²) in [5.74, 6) is 0. The van der Waals surface area contributed by atoms with Crippen molar-refractivity contribution >= 4 is 0 Å². The first-order valence-electron chi connectivity index (χ1n) is 5.72. The third-order valence-corrected chi connectivity index (χ3v) is 3.55. The fourth-order valence-corrected chi connectivity index (χ4v) is 2.54. The molecule has 0 aromatic carbocycles. The lowest BCUT2D eigenvalue weighted by Crippen LogP contribution is -2.39. The number of alkyl halides is 3. The Balaban J connectivity index is 2.44. The molecule has 0 atom stereocenters. The normalized spacial score (nSPS) is 18.8. The molecule has 2 nitrogen and oxygen atoms in total. The second kappa shape index (κ2) is 4.29. The van der Waals surface area contributed by atoms with Crippen molar-refractivity contribution in [2.45, 2.75) is 37.3 Å². The number of nitrogens with zero attached hydrogens (tertiary/aromatic N) is 1. The van der Waals surface area contributed by atoms with E-state index in [0.717, 1.165) is 25.3 Å². The quantitative estimate of drug-likeness (QED) is 0.888. The number of hydrogen-bond donors (Lipinski definition) is 1. The molecule has 0 bridgehead atoms. The van der Waals surface area contributed by atoms with E-state index >= 15 is 0 Å². The summed E-state index contributed by atoms with van der Waals surface area (Å²) in [7, 11) is 0. The van der Waals surface area contributed by atoms with Crippen molar-refractivity contribution in [1.82, 2.24) is 4.98 Å². The number of rotatable bonds is 3. The van der Waals surface area contributed by atoms with Crippen LogP contribution in [0.25, 0.3) is 0 Å². The SMILES string of the molecule is NCCC1(c2ncccc2C(F)(F)F)CCC1. The van der Waals surface area contributed by atoms with Gasteiger partial charge in [0.05, 0.1) is 11.3 Å². The first kappa shape index (κ1) is 12.4. The monoisotopic (exact) mass is 244 g/mol. The molecule has 1 aromatic rings. The van der Waals surface area contributed by atoms with Crippen LogP contribution in [0.5, 0.6) is 0 Å². The highest BCUT2D eigenvalue weighted by Gasteiger charge is 2.45. The molecule has 0 spiro atoms. The summed E-state index contributed by atoms with van der Waals surface area (Å²) in [5, 5.41) is 0. The standard InChI is InChI=1S/C12H15F3N2/c13-12(14,15)9-3-1-8-17-10(9)11(6-7-16)4-2-5-11/h1,3,8H,2,4-7,16H2. The molecular formula is C12H15F3N2. The van der Waals surface area contributed by atoms with Crippen molar-refractivity contribution in [2.24, 2.45) is 5.73 Å². The van der Waals surface area contributed by atoms with Crippen molar-refractivity contribution in [3.8, 4) is 0 Å². The van der Waals surface area contributed by atoms with Crippen LogP contribution < -0.4 is 5.73 Å². The van der Waals surface area contributed by atoms with Gasteiger partial charge in [-0.3, -0.25) is 4.98 Å². The molecule has 1 fully saturated rings. The van der Waals surface area contributed by atoms with Gasteiger partial charge in [0.2, 0.25) is 0 Å². The summed E-state index contributed by atoms with van der Waals surface area (Å²) in [6.45, 7) is 0.397. The molecule has 1 aliphatic rings. The minimum atomic E-state index is -4.33. The van der Waals surface area contributed by atoms with Gasteiger partial charge in [0.1, 0.15) is 0 Å². The molecule has 0 amide bonds. The lowest BCUT2D eigenvalue weighted by atomic mass is 9.63. The maximum Gasteiger partial charge on any atom is 0.418 e. The molecule has 0 radical (unpaired) electrons. The van der Waals surface area contributed by atoms with E-state index in [9.17, 15) is 13.2 Å². The Morgan fingerprint density at radius 3 is 2.53 bits per heavy atom. The van der Waals surface area contributed by atoms with Gasteiger partial charge in [0.25, 0.3) is 0 Å². The van der Waals surface area contributed by atoms with Gasteiger partial charge in [0, 0.05) is 11.6 Å². The Morgan fingerprint density at radius 2 is 2.06 bits per heavy atom. The first-order chi connectivity index (χ1) is 7.99. The molecule has 2 N–H and O–H groups in total. The van der Waals surface area contributed by atoms with Gasteiger partial charge in [-0.2, -0.15) is 13.2 Å². The Labute approximate surface area is 98.0 Å². The smallest absolute Gasteiger partial charge is 0.330 e. The van der Waals surface area contributed by atoms with Crippen LogP contribution in [-0.2, 0) is 11.6 Å². The maximum atomic E-state index is 12.9. The molecule has 1 heterocycles. The van der Waals surface area contributed by atoms with Crippen molar-refractivity contribution in [3.05, 3.63) is 29.6 Å². The number of pyridine rings is 1. The summed E-state index contributed by atoms with van der Waals surface area (Å²) in [6.07, 6.45) is 0.136. The molecular weight excluding hydrogens is 229 g/mol. The second-order valence-corrected chi connectivity index (χ2v) is 4.57. The van der Waals surface area contributed by atoms with Gasteiger partial charge in [-0.05, 0) is 37.9 Å². The first-order valence-corrected chi connectivity index (χ1v) is 5.72. The third kappa shape index (κ3) is 2.16. The van der Waals surface area contributed by atoms with Crippen LogP contribution in [0.2, 0.25) is 0 Å². The van der Waals surface area contributed by atoms with Gasteiger partial charge in [-0.15, -0.1) is 0 Å². The second-order valence-electron chi connectivity index (χ2n) is 4.57. The number of hydrogen-bond acceptors (Lipinski definition) is 2. The minimum Gasteiger partial charge on any atom is -0.330 e. The van der Waals surface area contributed by atoms with Gasteiger partial charge in [0.15, 0.2) is 0 Å². The van der Waals surface area contributed by atoms with Crippen LogP contribution >= 0.6 is 0 Å². The summed E-state index contributed by atoms with van der Waals surface area (Å²) in [5.41, 5.74) is 4.65. The zero-order valence-electron chi connectivity index (χ0n) is 9.43.